The van der Waals surface area contributed by atoms with Gasteiger partial charge in [0.25, 0.3) is 5.92 Å². The Hall–Kier alpha value is -2.67. The van der Waals surface area contributed by atoms with E-state index in [0.717, 1.165) is 19.4 Å². The van der Waals surface area contributed by atoms with Crippen LogP contribution in [0, 0.1) is 5.82 Å². The molecule has 5 rings (SSSR count). The monoisotopic (exact) mass is 518 g/mol. The molecule has 0 saturated carbocycles. The lowest BCUT2D eigenvalue weighted by Gasteiger charge is -2.39. The van der Waals surface area contributed by atoms with Crippen LogP contribution in [0.1, 0.15) is 25.7 Å². The fourth-order valence-electron chi connectivity index (χ4n) is 5.40. The van der Waals surface area contributed by atoms with Crippen LogP contribution < -0.4 is 15.0 Å². The van der Waals surface area contributed by atoms with E-state index in [0.29, 0.717) is 13.0 Å². The topological polar surface area (TPSA) is 104 Å². The van der Waals surface area contributed by atoms with Crippen molar-refractivity contribution in [2.75, 3.05) is 37.7 Å². The number of amides is 1. The molecule has 0 aliphatic carbocycles. The number of aromatic nitrogens is 3. The van der Waals surface area contributed by atoms with Gasteiger partial charge >= 0.3 is 12.1 Å². The number of carboxylic acid groups (broad SMARTS) is 1. The van der Waals surface area contributed by atoms with Crippen LogP contribution in [-0.4, -0.2) is 87.5 Å². The highest BCUT2D eigenvalue weighted by Crippen LogP contribution is 2.41. The van der Waals surface area contributed by atoms with Gasteiger partial charge in [-0.1, -0.05) is 11.6 Å². The molecule has 0 aromatic carbocycles. The van der Waals surface area contributed by atoms with Gasteiger partial charge in [0, 0.05) is 25.7 Å². The van der Waals surface area contributed by atoms with Gasteiger partial charge in [0.15, 0.2) is 11.0 Å². The third-order valence-corrected chi connectivity index (χ3v) is 7.29. The van der Waals surface area contributed by atoms with E-state index in [4.69, 9.17) is 21.4 Å². The molecule has 190 valence electrons. The Labute approximate surface area is 202 Å². The minimum atomic E-state index is -3.42. The minimum absolute atomic E-state index is 0.0115. The van der Waals surface area contributed by atoms with Crippen molar-refractivity contribution >= 4 is 34.4 Å². The molecule has 3 aliphatic rings. The number of anilines is 1. The van der Waals surface area contributed by atoms with E-state index in [1.807, 2.05) is 10.2 Å². The zero-order chi connectivity index (χ0) is 25.0. The molecular formula is C21H23ClF4N6O3. The zero-order valence-electron chi connectivity index (χ0n) is 18.5. The lowest BCUT2D eigenvalue weighted by molar-refractivity contribution is -0.0408. The van der Waals surface area contributed by atoms with Crippen LogP contribution in [0.25, 0.3) is 10.9 Å². The van der Waals surface area contributed by atoms with Crippen LogP contribution >= 0.6 is 11.6 Å². The summed E-state index contributed by atoms with van der Waals surface area (Å²) in [4.78, 5) is 26.3. The van der Waals surface area contributed by atoms with E-state index in [9.17, 15) is 22.4 Å². The van der Waals surface area contributed by atoms with Crippen LogP contribution in [0.4, 0.5) is 28.2 Å². The van der Waals surface area contributed by atoms with Gasteiger partial charge in [0.2, 0.25) is 0 Å². The molecule has 2 aromatic rings. The number of hydrogen-bond acceptors (Lipinski definition) is 7. The fourth-order valence-corrected chi connectivity index (χ4v) is 5.54. The Morgan fingerprint density at radius 3 is 2.89 bits per heavy atom. The lowest BCUT2D eigenvalue weighted by Crippen LogP contribution is -2.58. The van der Waals surface area contributed by atoms with E-state index in [1.54, 1.807) is 0 Å². The number of hydrogen-bond donors (Lipinski definition) is 2. The molecule has 1 unspecified atom stereocenters. The summed E-state index contributed by atoms with van der Waals surface area (Å²) in [6, 6.07) is -1.82. The van der Waals surface area contributed by atoms with E-state index in [2.05, 4.69) is 15.0 Å². The third-order valence-electron chi connectivity index (χ3n) is 7.03. The summed E-state index contributed by atoms with van der Waals surface area (Å²) in [7, 11) is 0. The minimum Gasteiger partial charge on any atom is -0.465 e. The van der Waals surface area contributed by atoms with Crippen molar-refractivity contribution in [2.45, 2.75) is 49.4 Å². The molecule has 5 heterocycles. The molecule has 2 aromatic heterocycles. The van der Waals surface area contributed by atoms with Crippen LogP contribution in [0.15, 0.2) is 6.20 Å². The fraction of sp³-hybridized carbons (Fsp3) is 0.619. The molecule has 35 heavy (non-hydrogen) atoms. The van der Waals surface area contributed by atoms with Crippen molar-refractivity contribution in [3.8, 4) is 6.01 Å². The summed E-state index contributed by atoms with van der Waals surface area (Å²) >= 11 is 5.83. The molecule has 3 saturated heterocycles. The molecule has 2 N–H and O–H groups in total. The maximum Gasteiger partial charge on any atom is 0.405 e. The van der Waals surface area contributed by atoms with Crippen molar-refractivity contribution in [1.82, 2.24) is 25.2 Å². The van der Waals surface area contributed by atoms with Gasteiger partial charge in [-0.15, -0.1) is 0 Å². The summed E-state index contributed by atoms with van der Waals surface area (Å²) in [5.41, 5.74) is -0.755. The van der Waals surface area contributed by atoms with Gasteiger partial charge in [0.1, 0.15) is 24.1 Å². The van der Waals surface area contributed by atoms with Gasteiger partial charge in [-0.05, 0) is 25.8 Å². The number of rotatable bonds is 5. The number of ether oxygens (including phenoxy) is 1. The molecular weight excluding hydrogens is 496 g/mol. The maximum atomic E-state index is 14.8. The highest BCUT2D eigenvalue weighted by atomic mass is 35.5. The second-order valence-corrected chi connectivity index (χ2v) is 9.65. The highest BCUT2D eigenvalue weighted by Gasteiger charge is 2.50. The number of alkyl halides is 3. The van der Waals surface area contributed by atoms with Crippen LogP contribution in [0.2, 0.25) is 5.15 Å². The number of piperidine rings is 1. The van der Waals surface area contributed by atoms with E-state index < -0.39 is 47.3 Å². The van der Waals surface area contributed by atoms with Gasteiger partial charge in [0.05, 0.1) is 23.5 Å². The largest absolute Gasteiger partial charge is 0.465 e. The molecule has 0 radical (unpaired) electrons. The predicted molar refractivity (Wildman–Crippen MR) is 118 cm³/mol. The number of nitrogens with one attached hydrogen (secondary N) is 1. The van der Waals surface area contributed by atoms with Crippen molar-refractivity contribution in [2.24, 2.45) is 0 Å². The van der Waals surface area contributed by atoms with Crippen molar-refractivity contribution in [3.63, 3.8) is 0 Å². The van der Waals surface area contributed by atoms with Gasteiger partial charge < -0.3 is 20.1 Å². The number of halogens is 5. The zero-order valence-corrected chi connectivity index (χ0v) is 19.2. The highest BCUT2D eigenvalue weighted by molar-refractivity contribution is 6.30. The van der Waals surface area contributed by atoms with Crippen molar-refractivity contribution in [3.05, 3.63) is 17.2 Å². The standard InChI is InChI=1S/C21H23ClF4N6O3/c22-16-14(24)15-12(7-27-16)17(31-5-2-13(28-19(33)34)21(25,26)9-31)30-18(29-15)35-10-20-3-1-4-32(20)8-11(23)6-20/h7,11,13,28H,1-6,8-10H2,(H,33,34)/t11-,13?,20+/m1/s1. The first-order valence-electron chi connectivity index (χ1n) is 11.2. The molecule has 3 aliphatic heterocycles. The van der Waals surface area contributed by atoms with Crippen LogP contribution in [0.5, 0.6) is 6.01 Å². The second-order valence-electron chi connectivity index (χ2n) is 9.29. The van der Waals surface area contributed by atoms with Gasteiger partial charge in [-0.3, -0.25) is 4.90 Å². The molecule has 0 bridgehead atoms. The molecule has 14 heteroatoms. The average Bonchev–Trinajstić information content (AvgIpc) is 3.31. The predicted octanol–water partition coefficient (Wildman–Crippen LogP) is 3.25. The smallest absolute Gasteiger partial charge is 0.405 e. The molecule has 3 atom stereocenters. The van der Waals surface area contributed by atoms with Gasteiger partial charge in [-0.2, -0.15) is 9.97 Å². The second kappa shape index (κ2) is 8.77. The summed E-state index contributed by atoms with van der Waals surface area (Å²) < 4.78 is 64.3. The molecule has 0 spiro atoms. The Morgan fingerprint density at radius 2 is 2.14 bits per heavy atom. The summed E-state index contributed by atoms with van der Waals surface area (Å²) in [5.74, 6) is -4.40. The van der Waals surface area contributed by atoms with Crippen LogP contribution in [-0.2, 0) is 0 Å². The third kappa shape index (κ3) is 4.39. The number of fused-ring (bicyclic) bond motifs is 2. The Kier molecular flexibility index (Phi) is 6.02. The van der Waals surface area contributed by atoms with E-state index >= 15 is 0 Å². The normalized spacial score (nSPS) is 28.3. The molecule has 3 fully saturated rings. The summed E-state index contributed by atoms with van der Waals surface area (Å²) in [6.07, 6.45) is 0.390. The maximum absolute atomic E-state index is 14.8. The Bertz CT molecular complexity index is 1160. The number of pyridine rings is 1. The first-order valence-corrected chi connectivity index (χ1v) is 11.6. The molecule has 1 amide bonds. The van der Waals surface area contributed by atoms with E-state index in [1.165, 1.54) is 11.1 Å². The lowest BCUT2D eigenvalue weighted by atomic mass is 9.95. The summed E-state index contributed by atoms with van der Waals surface area (Å²) in [5, 5.41) is 10.3. The first kappa shape index (κ1) is 24.0. The number of carbonyl (C=O) groups is 1. The average molecular weight is 519 g/mol. The van der Waals surface area contributed by atoms with Gasteiger partial charge in [-0.25, -0.2) is 27.3 Å². The number of nitrogens with zero attached hydrogens (tertiary/aromatic N) is 5. The molecule has 9 nitrogen and oxygen atoms in total. The first-order chi connectivity index (χ1) is 16.6. The van der Waals surface area contributed by atoms with Crippen LogP contribution in [0.3, 0.4) is 0 Å². The van der Waals surface area contributed by atoms with E-state index in [-0.39, 0.29) is 42.3 Å². The van der Waals surface area contributed by atoms with Crippen molar-refractivity contribution in [1.29, 1.82) is 0 Å². The summed E-state index contributed by atoms with van der Waals surface area (Å²) in [6.45, 7) is 0.279. The SMILES string of the molecule is O=C(O)NC1CCN(c2nc(OC[C@@]34CCCN3C[C@H](F)C4)nc3c(F)c(Cl)ncc23)CC1(F)F. The Balaban J connectivity index is 1.47. The Morgan fingerprint density at radius 1 is 1.34 bits per heavy atom. The quantitative estimate of drug-likeness (QED) is 0.459. The van der Waals surface area contributed by atoms with Crippen molar-refractivity contribution < 1.29 is 32.2 Å².